The lowest BCUT2D eigenvalue weighted by Crippen LogP contribution is -2.45. The molecule has 1 unspecified atom stereocenters. The zero-order valence-electron chi connectivity index (χ0n) is 8.82. The number of ether oxygens (including phenoxy) is 1. The summed E-state index contributed by atoms with van der Waals surface area (Å²) in [5.74, 6) is 2.91. The Bertz CT molecular complexity index is 246. The molecule has 2 saturated heterocycles. The van der Waals surface area contributed by atoms with Gasteiger partial charge in [0.15, 0.2) is 0 Å². The molecule has 2 fully saturated rings. The van der Waals surface area contributed by atoms with E-state index in [2.05, 4.69) is 5.16 Å². The van der Waals surface area contributed by atoms with Gasteiger partial charge in [0, 0.05) is 12.5 Å². The third-order valence-corrected chi connectivity index (χ3v) is 4.42. The molecule has 0 saturated carbocycles. The van der Waals surface area contributed by atoms with Crippen molar-refractivity contribution in [3.63, 3.8) is 0 Å². The van der Waals surface area contributed by atoms with E-state index >= 15 is 0 Å². The van der Waals surface area contributed by atoms with E-state index in [1.54, 1.807) is 0 Å². The number of thioether (sulfide) groups is 1. The summed E-state index contributed by atoms with van der Waals surface area (Å²) in [7, 11) is 0. The Morgan fingerprint density at radius 2 is 2.20 bits per heavy atom. The Balaban J connectivity index is 2.02. The smallest absolute Gasteiger partial charge is 0.142 e. The normalized spacial score (nSPS) is 31.7. The Kier molecular flexibility index (Phi) is 3.41. The molecule has 15 heavy (non-hydrogen) atoms. The SMILES string of the molecule is NC(=NO)C1CCOC2(CCSCC2)C1. The molecule has 0 amide bonds. The summed E-state index contributed by atoms with van der Waals surface area (Å²) in [5.41, 5.74) is 5.69. The van der Waals surface area contributed by atoms with Gasteiger partial charge < -0.3 is 15.7 Å². The number of nitrogens with two attached hydrogens (primary N) is 1. The second kappa shape index (κ2) is 4.61. The summed E-state index contributed by atoms with van der Waals surface area (Å²) in [4.78, 5) is 0. The highest BCUT2D eigenvalue weighted by atomic mass is 32.2. The lowest BCUT2D eigenvalue weighted by molar-refractivity contribution is -0.0926. The second-order valence-corrected chi connectivity index (χ2v) is 5.58. The number of rotatable bonds is 1. The van der Waals surface area contributed by atoms with Crippen molar-refractivity contribution in [3.05, 3.63) is 0 Å². The number of nitrogens with zero attached hydrogens (tertiary/aromatic N) is 1. The first-order chi connectivity index (χ1) is 7.26. The Labute approximate surface area is 94.2 Å². The maximum absolute atomic E-state index is 8.69. The average molecular weight is 230 g/mol. The summed E-state index contributed by atoms with van der Waals surface area (Å²) < 4.78 is 5.93. The van der Waals surface area contributed by atoms with E-state index in [9.17, 15) is 0 Å². The fourth-order valence-corrected chi connectivity index (χ4v) is 3.69. The van der Waals surface area contributed by atoms with Gasteiger partial charge in [-0.15, -0.1) is 0 Å². The first kappa shape index (κ1) is 11.1. The van der Waals surface area contributed by atoms with Crippen LogP contribution in [-0.4, -0.2) is 34.8 Å². The Hall–Kier alpha value is -0.420. The van der Waals surface area contributed by atoms with Crippen LogP contribution in [0.2, 0.25) is 0 Å². The molecular weight excluding hydrogens is 212 g/mol. The molecule has 1 atom stereocenters. The van der Waals surface area contributed by atoms with Crippen LogP contribution in [0, 0.1) is 5.92 Å². The molecule has 2 aliphatic rings. The van der Waals surface area contributed by atoms with Gasteiger partial charge in [-0.05, 0) is 37.2 Å². The van der Waals surface area contributed by atoms with Gasteiger partial charge in [0.05, 0.1) is 5.60 Å². The lowest BCUT2D eigenvalue weighted by atomic mass is 9.81. The summed E-state index contributed by atoms with van der Waals surface area (Å²) in [5, 5.41) is 11.8. The van der Waals surface area contributed by atoms with Crippen molar-refractivity contribution in [2.45, 2.75) is 31.3 Å². The van der Waals surface area contributed by atoms with E-state index in [1.165, 1.54) is 11.5 Å². The molecule has 0 aliphatic carbocycles. The minimum Gasteiger partial charge on any atom is -0.409 e. The Morgan fingerprint density at radius 1 is 1.47 bits per heavy atom. The van der Waals surface area contributed by atoms with Crippen LogP contribution in [0.1, 0.15) is 25.7 Å². The maximum Gasteiger partial charge on any atom is 0.142 e. The molecule has 3 N–H and O–H groups in total. The molecular formula is C10H18N2O2S. The average Bonchev–Trinajstić information content (AvgIpc) is 2.29. The van der Waals surface area contributed by atoms with E-state index in [4.69, 9.17) is 15.7 Å². The van der Waals surface area contributed by atoms with Crippen LogP contribution in [0.5, 0.6) is 0 Å². The monoisotopic (exact) mass is 230 g/mol. The zero-order valence-corrected chi connectivity index (χ0v) is 9.63. The third-order valence-electron chi connectivity index (χ3n) is 3.43. The van der Waals surface area contributed by atoms with Crippen LogP contribution in [0.25, 0.3) is 0 Å². The standard InChI is InChI=1S/C10H18N2O2S/c11-9(12-13)8-1-4-14-10(7-8)2-5-15-6-3-10/h8,13H,1-7H2,(H2,11,12). The summed E-state index contributed by atoms with van der Waals surface area (Å²) in [6.45, 7) is 0.742. The molecule has 2 rings (SSSR count). The molecule has 0 aromatic carbocycles. The van der Waals surface area contributed by atoms with Crippen LogP contribution in [0.4, 0.5) is 0 Å². The van der Waals surface area contributed by atoms with Crippen LogP contribution in [-0.2, 0) is 4.74 Å². The fourth-order valence-electron chi connectivity index (χ4n) is 2.45. The molecule has 0 bridgehead atoms. The molecule has 5 heteroatoms. The van der Waals surface area contributed by atoms with E-state index in [-0.39, 0.29) is 11.5 Å². The highest BCUT2D eigenvalue weighted by Crippen LogP contribution is 2.39. The van der Waals surface area contributed by atoms with Crippen LogP contribution >= 0.6 is 11.8 Å². The molecule has 1 spiro atoms. The first-order valence-corrected chi connectivity index (χ1v) is 6.60. The minimum absolute atomic E-state index is 0.0173. The van der Waals surface area contributed by atoms with Gasteiger partial charge in [-0.3, -0.25) is 0 Å². The molecule has 0 radical (unpaired) electrons. The van der Waals surface area contributed by atoms with E-state index in [0.29, 0.717) is 5.84 Å². The van der Waals surface area contributed by atoms with Gasteiger partial charge in [0.25, 0.3) is 0 Å². The van der Waals surface area contributed by atoms with Crippen molar-refractivity contribution in [1.29, 1.82) is 0 Å². The maximum atomic E-state index is 8.69. The topological polar surface area (TPSA) is 67.8 Å². The summed E-state index contributed by atoms with van der Waals surface area (Å²) >= 11 is 1.99. The zero-order chi connectivity index (χ0) is 10.7. The van der Waals surface area contributed by atoms with E-state index < -0.39 is 0 Å². The van der Waals surface area contributed by atoms with Crippen molar-refractivity contribution in [2.24, 2.45) is 16.8 Å². The number of amidine groups is 1. The van der Waals surface area contributed by atoms with Gasteiger partial charge in [-0.1, -0.05) is 5.16 Å². The van der Waals surface area contributed by atoms with Crippen LogP contribution < -0.4 is 5.73 Å². The summed E-state index contributed by atoms with van der Waals surface area (Å²) in [6.07, 6.45) is 4.01. The molecule has 4 nitrogen and oxygen atoms in total. The van der Waals surface area contributed by atoms with Gasteiger partial charge in [-0.2, -0.15) is 11.8 Å². The molecule has 2 heterocycles. The minimum atomic E-state index is 0.0173. The van der Waals surface area contributed by atoms with Crippen molar-refractivity contribution < 1.29 is 9.94 Å². The van der Waals surface area contributed by atoms with Crippen molar-refractivity contribution >= 4 is 17.6 Å². The highest BCUT2D eigenvalue weighted by molar-refractivity contribution is 7.99. The molecule has 0 aromatic rings. The quantitative estimate of drug-likeness (QED) is 0.309. The van der Waals surface area contributed by atoms with Gasteiger partial charge in [0.2, 0.25) is 0 Å². The summed E-state index contributed by atoms with van der Waals surface area (Å²) in [6, 6.07) is 0. The predicted octanol–water partition coefficient (Wildman–Crippen LogP) is 1.43. The highest BCUT2D eigenvalue weighted by Gasteiger charge is 2.39. The van der Waals surface area contributed by atoms with E-state index in [0.717, 1.165) is 32.3 Å². The molecule has 2 aliphatic heterocycles. The number of oxime groups is 1. The molecule has 0 aromatic heterocycles. The number of hydrogen-bond acceptors (Lipinski definition) is 4. The van der Waals surface area contributed by atoms with Gasteiger partial charge in [-0.25, -0.2) is 0 Å². The van der Waals surface area contributed by atoms with Crippen molar-refractivity contribution in [2.75, 3.05) is 18.1 Å². The predicted molar refractivity (Wildman–Crippen MR) is 61.4 cm³/mol. The van der Waals surface area contributed by atoms with Crippen LogP contribution in [0.3, 0.4) is 0 Å². The van der Waals surface area contributed by atoms with Gasteiger partial charge >= 0.3 is 0 Å². The number of hydrogen-bond donors (Lipinski definition) is 2. The second-order valence-electron chi connectivity index (χ2n) is 4.36. The lowest BCUT2D eigenvalue weighted by Gasteiger charge is -2.42. The Morgan fingerprint density at radius 3 is 2.87 bits per heavy atom. The van der Waals surface area contributed by atoms with Crippen molar-refractivity contribution in [1.82, 2.24) is 0 Å². The van der Waals surface area contributed by atoms with E-state index in [1.807, 2.05) is 11.8 Å². The molecule has 86 valence electrons. The first-order valence-electron chi connectivity index (χ1n) is 5.45. The third kappa shape index (κ3) is 2.39. The largest absolute Gasteiger partial charge is 0.409 e. The van der Waals surface area contributed by atoms with Crippen LogP contribution in [0.15, 0.2) is 5.16 Å². The van der Waals surface area contributed by atoms with Crippen molar-refractivity contribution in [3.8, 4) is 0 Å². The fraction of sp³-hybridized carbons (Fsp3) is 0.900. The van der Waals surface area contributed by atoms with Gasteiger partial charge in [0.1, 0.15) is 5.84 Å².